The Hall–Kier alpha value is -0.320. The van der Waals surface area contributed by atoms with Crippen LogP contribution in [-0.4, -0.2) is 37.7 Å². The standard InChI is InChI=1S/C12H24N2O2.ClH/c1-3-4-8-16-10(2)12(15)14-9-11-6-5-7-13-11;/h10-11,13H,3-9H2,1-2H3,(H,14,15);1H. The molecule has 1 saturated heterocycles. The quantitative estimate of drug-likeness (QED) is 0.685. The molecule has 0 spiro atoms. The van der Waals surface area contributed by atoms with Crippen LogP contribution in [0.5, 0.6) is 0 Å². The minimum absolute atomic E-state index is 0. The van der Waals surface area contributed by atoms with Crippen molar-refractivity contribution in [3.63, 3.8) is 0 Å². The first-order chi connectivity index (χ1) is 7.74. The minimum atomic E-state index is -0.326. The summed E-state index contributed by atoms with van der Waals surface area (Å²) in [6.07, 6.45) is 4.16. The van der Waals surface area contributed by atoms with E-state index in [1.165, 1.54) is 6.42 Å². The van der Waals surface area contributed by atoms with Crippen molar-refractivity contribution >= 4 is 18.3 Å². The number of halogens is 1. The van der Waals surface area contributed by atoms with Crippen LogP contribution in [0, 0.1) is 0 Å². The molecule has 0 aliphatic carbocycles. The zero-order valence-corrected chi connectivity index (χ0v) is 11.6. The van der Waals surface area contributed by atoms with Crippen LogP contribution in [0.15, 0.2) is 0 Å². The highest BCUT2D eigenvalue weighted by Crippen LogP contribution is 2.03. The Morgan fingerprint density at radius 2 is 2.35 bits per heavy atom. The van der Waals surface area contributed by atoms with E-state index in [9.17, 15) is 4.79 Å². The summed E-state index contributed by atoms with van der Waals surface area (Å²) in [4.78, 5) is 11.6. The van der Waals surface area contributed by atoms with Crippen molar-refractivity contribution in [1.82, 2.24) is 10.6 Å². The van der Waals surface area contributed by atoms with Gasteiger partial charge in [-0.05, 0) is 32.7 Å². The van der Waals surface area contributed by atoms with Crippen LogP contribution in [0.25, 0.3) is 0 Å². The van der Waals surface area contributed by atoms with Gasteiger partial charge in [0.25, 0.3) is 0 Å². The number of unbranched alkanes of at least 4 members (excludes halogenated alkanes) is 1. The molecule has 0 bridgehead atoms. The van der Waals surface area contributed by atoms with Crippen molar-refractivity contribution in [2.75, 3.05) is 19.7 Å². The summed E-state index contributed by atoms with van der Waals surface area (Å²) in [5.41, 5.74) is 0. The summed E-state index contributed by atoms with van der Waals surface area (Å²) in [6.45, 7) is 6.39. The number of ether oxygens (including phenoxy) is 1. The number of carbonyl (C=O) groups excluding carboxylic acids is 1. The van der Waals surface area contributed by atoms with Crippen LogP contribution in [0.1, 0.15) is 39.5 Å². The van der Waals surface area contributed by atoms with Crippen LogP contribution in [0.4, 0.5) is 0 Å². The molecule has 4 nitrogen and oxygen atoms in total. The van der Waals surface area contributed by atoms with E-state index < -0.39 is 0 Å². The van der Waals surface area contributed by atoms with Gasteiger partial charge in [-0.3, -0.25) is 4.79 Å². The largest absolute Gasteiger partial charge is 0.369 e. The maximum absolute atomic E-state index is 11.6. The maximum Gasteiger partial charge on any atom is 0.248 e. The Morgan fingerprint density at radius 3 is 2.94 bits per heavy atom. The first kappa shape index (κ1) is 16.7. The maximum atomic E-state index is 11.6. The van der Waals surface area contributed by atoms with Crippen molar-refractivity contribution in [1.29, 1.82) is 0 Å². The zero-order valence-electron chi connectivity index (χ0n) is 10.8. The third kappa shape index (κ3) is 6.86. The number of carbonyl (C=O) groups is 1. The Bertz CT molecular complexity index is 209. The number of hydrogen-bond donors (Lipinski definition) is 2. The summed E-state index contributed by atoms with van der Waals surface area (Å²) in [5, 5.41) is 6.27. The van der Waals surface area contributed by atoms with Gasteiger partial charge >= 0.3 is 0 Å². The molecule has 2 atom stereocenters. The fraction of sp³-hybridized carbons (Fsp3) is 0.917. The molecule has 2 N–H and O–H groups in total. The number of nitrogens with one attached hydrogen (secondary N) is 2. The van der Waals surface area contributed by atoms with Crippen LogP contribution < -0.4 is 10.6 Å². The third-order valence-electron chi connectivity index (χ3n) is 2.92. The number of rotatable bonds is 7. The van der Waals surface area contributed by atoms with Crippen LogP contribution >= 0.6 is 12.4 Å². The minimum Gasteiger partial charge on any atom is -0.369 e. The van der Waals surface area contributed by atoms with E-state index in [1.54, 1.807) is 0 Å². The summed E-state index contributed by atoms with van der Waals surface area (Å²) in [5.74, 6) is 0.00445. The van der Waals surface area contributed by atoms with Crippen molar-refractivity contribution in [2.24, 2.45) is 0 Å². The normalized spacial score (nSPS) is 20.7. The molecule has 2 unspecified atom stereocenters. The predicted molar refractivity (Wildman–Crippen MR) is 71.6 cm³/mol. The molecule has 1 aliphatic rings. The van der Waals surface area contributed by atoms with E-state index >= 15 is 0 Å². The van der Waals surface area contributed by atoms with E-state index in [0.29, 0.717) is 12.6 Å². The molecule has 17 heavy (non-hydrogen) atoms. The average Bonchev–Trinajstić information content (AvgIpc) is 2.79. The molecular formula is C12H25ClN2O2. The van der Waals surface area contributed by atoms with Crippen molar-refractivity contribution in [3.8, 4) is 0 Å². The third-order valence-corrected chi connectivity index (χ3v) is 2.92. The second-order valence-corrected chi connectivity index (χ2v) is 4.41. The lowest BCUT2D eigenvalue weighted by molar-refractivity contribution is -0.131. The summed E-state index contributed by atoms with van der Waals surface area (Å²) >= 11 is 0. The topological polar surface area (TPSA) is 50.4 Å². The molecule has 102 valence electrons. The first-order valence-electron chi connectivity index (χ1n) is 6.36. The summed E-state index contributed by atoms with van der Waals surface area (Å²) < 4.78 is 5.43. The average molecular weight is 265 g/mol. The molecule has 1 amide bonds. The van der Waals surface area contributed by atoms with Gasteiger partial charge in [-0.2, -0.15) is 0 Å². The molecule has 0 aromatic carbocycles. The highest BCUT2D eigenvalue weighted by Gasteiger charge is 2.17. The summed E-state index contributed by atoms with van der Waals surface area (Å²) in [7, 11) is 0. The van der Waals surface area contributed by atoms with Crippen LogP contribution in [0.3, 0.4) is 0 Å². The van der Waals surface area contributed by atoms with Gasteiger partial charge in [-0.1, -0.05) is 13.3 Å². The highest BCUT2D eigenvalue weighted by atomic mass is 35.5. The van der Waals surface area contributed by atoms with E-state index in [0.717, 1.165) is 32.4 Å². The SMILES string of the molecule is CCCCOC(C)C(=O)NCC1CCCN1.Cl. The van der Waals surface area contributed by atoms with Gasteiger partial charge in [-0.25, -0.2) is 0 Å². The second kappa shape index (κ2) is 9.68. The van der Waals surface area contributed by atoms with E-state index in [-0.39, 0.29) is 24.4 Å². The molecule has 1 fully saturated rings. The summed E-state index contributed by atoms with van der Waals surface area (Å²) in [6, 6.07) is 0.451. The van der Waals surface area contributed by atoms with Gasteiger partial charge < -0.3 is 15.4 Å². The Morgan fingerprint density at radius 1 is 1.59 bits per heavy atom. The lowest BCUT2D eigenvalue weighted by Gasteiger charge is -2.15. The number of amides is 1. The van der Waals surface area contributed by atoms with Crippen molar-refractivity contribution in [2.45, 2.75) is 51.7 Å². The Labute approximate surface area is 110 Å². The molecule has 1 rings (SSSR count). The Balaban J connectivity index is 0.00000256. The van der Waals surface area contributed by atoms with Gasteiger partial charge in [0.2, 0.25) is 5.91 Å². The highest BCUT2D eigenvalue weighted by molar-refractivity contribution is 5.85. The van der Waals surface area contributed by atoms with Gasteiger partial charge in [-0.15, -0.1) is 12.4 Å². The van der Waals surface area contributed by atoms with E-state index in [1.807, 2.05) is 6.92 Å². The van der Waals surface area contributed by atoms with Crippen molar-refractivity contribution in [3.05, 3.63) is 0 Å². The zero-order chi connectivity index (χ0) is 11.8. The fourth-order valence-corrected chi connectivity index (χ4v) is 1.78. The fourth-order valence-electron chi connectivity index (χ4n) is 1.78. The molecule has 0 radical (unpaired) electrons. The lowest BCUT2D eigenvalue weighted by Crippen LogP contribution is -2.41. The smallest absolute Gasteiger partial charge is 0.248 e. The van der Waals surface area contributed by atoms with Crippen LogP contribution in [0.2, 0.25) is 0 Å². The molecule has 0 aromatic heterocycles. The van der Waals surface area contributed by atoms with E-state index in [2.05, 4.69) is 17.6 Å². The molecule has 1 aliphatic heterocycles. The van der Waals surface area contributed by atoms with Gasteiger partial charge in [0.05, 0.1) is 0 Å². The van der Waals surface area contributed by atoms with Gasteiger partial charge in [0, 0.05) is 19.2 Å². The molecule has 0 aromatic rings. The van der Waals surface area contributed by atoms with Crippen LogP contribution in [-0.2, 0) is 9.53 Å². The predicted octanol–water partition coefficient (Wildman–Crippen LogP) is 1.48. The lowest BCUT2D eigenvalue weighted by atomic mass is 10.2. The van der Waals surface area contributed by atoms with Crippen molar-refractivity contribution < 1.29 is 9.53 Å². The first-order valence-corrected chi connectivity index (χ1v) is 6.36. The monoisotopic (exact) mass is 264 g/mol. The van der Waals surface area contributed by atoms with Gasteiger partial charge in [0.1, 0.15) is 6.10 Å². The Kier molecular flexibility index (Phi) is 9.50. The molecule has 1 heterocycles. The second-order valence-electron chi connectivity index (χ2n) is 4.41. The van der Waals surface area contributed by atoms with E-state index in [4.69, 9.17) is 4.74 Å². The van der Waals surface area contributed by atoms with Gasteiger partial charge in [0.15, 0.2) is 0 Å². The molecular weight excluding hydrogens is 240 g/mol. The molecule has 0 saturated carbocycles. The molecule has 5 heteroatoms. The number of hydrogen-bond acceptors (Lipinski definition) is 3.